The molecule has 0 aliphatic heterocycles. The third-order valence-corrected chi connectivity index (χ3v) is 3.45. The molecule has 8 heteroatoms. The molecule has 0 N–H and O–H groups in total. The predicted molar refractivity (Wildman–Crippen MR) is 75.3 cm³/mol. The molecule has 0 fully saturated rings. The molecule has 0 saturated carbocycles. The standard InChI is InChI=1S/C12H9Cl2N3O3/c13-10-7-15-16(12(18)11(10)14)6-5-8-1-3-9(4-2-8)17(19)20/h1-4,7H,5-6H2. The van der Waals surface area contributed by atoms with Crippen LogP contribution in [0.15, 0.2) is 35.3 Å². The van der Waals surface area contributed by atoms with Gasteiger partial charge in [0.2, 0.25) is 0 Å². The van der Waals surface area contributed by atoms with Crippen LogP contribution in [0.25, 0.3) is 0 Å². The highest BCUT2D eigenvalue weighted by atomic mass is 35.5. The molecular formula is C12H9Cl2N3O3. The normalized spacial score (nSPS) is 10.5. The van der Waals surface area contributed by atoms with Gasteiger partial charge in [-0.15, -0.1) is 0 Å². The molecular weight excluding hydrogens is 305 g/mol. The summed E-state index contributed by atoms with van der Waals surface area (Å²) in [6, 6.07) is 6.11. The summed E-state index contributed by atoms with van der Waals surface area (Å²) in [4.78, 5) is 21.8. The van der Waals surface area contributed by atoms with Crippen LogP contribution in [-0.4, -0.2) is 14.7 Å². The van der Waals surface area contributed by atoms with Gasteiger partial charge in [-0.1, -0.05) is 35.3 Å². The first-order valence-corrected chi connectivity index (χ1v) is 6.39. The zero-order valence-electron chi connectivity index (χ0n) is 10.1. The maximum absolute atomic E-state index is 11.7. The lowest BCUT2D eigenvalue weighted by molar-refractivity contribution is -0.384. The van der Waals surface area contributed by atoms with Crippen molar-refractivity contribution in [2.45, 2.75) is 13.0 Å². The summed E-state index contributed by atoms with van der Waals surface area (Å²) in [5.41, 5.74) is 0.426. The smallest absolute Gasteiger partial charge is 0.266 e. The van der Waals surface area contributed by atoms with Gasteiger partial charge in [-0.25, -0.2) is 4.68 Å². The van der Waals surface area contributed by atoms with Crippen LogP contribution in [-0.2, 0) is 13.0 Å². The summed E-state index contributed by atoms with van der Waals surface area (Å²) < 4.78 is 1.20. The number of non-ortho nitro benzene ring substituents is 1. The van der Waals surface area contributed by atoms with Gasteiger partial charge in [0, 0.05) is 18.7 Å². The minimum absolute atomic E-state index is 0.0265. The van der Waals surface area contributed by atoms with Crippen LogP contribution in [0.5, 0.6) is 0 Å². The Morgan fingerprint density at radius 2 is 1.90 bits per heavy atom. The molecule has 1 aromatic carbocycles. The quantitative estimate of drug-likeness (QED) is 0.642. The third-order valence-electron chi connectivity index (χ3n) is 2.70. The van der Waals surface area contributed by atoms with E-state index >= 15 is 0 Å². The molecule has 20 heavy (non-hydrogen) atoms. The molecule has 2 rings (SSSR count). The summed E-state index contributed by atoms with van der Waals surface area (Å²) in [5, 5.41) is 14.5. The maximum Gasteiger partial charge on any atom is 0.287 e. The molecule has 6 nitrogen and oxygen atoms in total. The van der Waals surface area contributed by atoms with Gasteiger partial charge < -0.3 is 0 Å². The molecule has 104 valence electrons. The number of rotatable bonds is 4. The van der Waals surface area contributed by atoms with Crippen molar-refractivity contribution in [2.75, 3.05) is 0 Å². The van der Waals surface area contributed by atoms with E-state index in [0.717, 1.165) is 5.56 Å². The second-order valence-corrected chi connectivity index (χ2v) is 4.79. The van der Waals surface area contributed by atoms with Gasteiger partial charge in [0.1, 0.15) is 5.02 Å². The van der Waals surface area contributed by atoms with Gasteiger partial charge in [-0.3, -0.25) is 14.9 Å². The lowest BCUT2D eigenvalue weighted by atomic mass is 10.1. The van der Waals surface area contributed by atoms with E-state index in [1.165, 1.54) is 23.0 Å². The summed E-state index contributed by atoms with van der Waals surface area (Å²) in [6.45, 7) is 0.313. The van der Waals surface area contributed by atoms with Crippen molar-refractivity contribution in [1.82, 2.24) is 9.78 Å². The summed E-state index contributed by atoms with van der Waals surface area (Å²) in [5.74, 6) is 0. The van der Waals surface area contributed by atoms with Crippen LogP contribution >= 0.6 is 23.2 Å². The number of aryl methyl sites for hydroxylation is 2. The predicted octanol–water partition coefficient (Wildman–Crippen LogP) is 2.70. The molecule has 0 saturated heterocycles. The summed E-state index contributed by atoms with van der Waals surface area (Å²) >= 11 is 11.4. The van der Waals surface area contributed by atoms with E-state index in [2.05, 4.69) is 5.10 Å². The largest absolute Gasteiger partial charge is 0.287 e. The molecule has 1 aromatic heterocycles. The number of hydrogen-bond donors (Lipinski definition) is 0. The second kappa shape index (κ2) is 6.02. The number of hydrogen-bond acceptors (Lipinski definition) is 4. The van der Waals surface area contributed by atoms with Gasteiger partial charge in [0.05, 0.1) is 16.1 Å². The average molecular weight is 314 g/mol. The third kappa shape index (κ3) is 3.15. The molecule has 0 aliphatic rings. The Morgan fingerprint density at radius 3 is 2.50 bits per heavy atom. The molecule has 0 atom stereocenters. The molecule has 0 unspecified atom stereocenters. The first-order chi connectivity index (χ1) is 9.49. The van der Waals surface area contributed by atoms with E-state index in [1.807, 2.05) is 0 Å². The lowest BCUT2D eigenvalue weighted by Gasteiger charge is -2.05. The Morgan fingerprint density at radius 1 is 1.25 bits per heavy atom. The van der Waals surface area contributed by atoms with E-state index in [0.29, 0.717) is 13.0 Å². The fourth-order valence-electron chi connectivity index (χ4n) is 1.62. The Hall–Kier alpha value is -1.92. The summed E-state index contributed by atoms with van der Waals surface area (Å²) in [7, 11) is 0. The van der Waals surface area contributed by atoms with Crippen LogP contribution in [0, 0.1) is 10.1 Å². The van der Waals surface area contributed by atoms with Gasteiger partial charge in [0.15, 0.2) is 0 Å². The summed E-state index contributed by atoms with van der Waals surface area (Å²) in [6.07, 6.45) is 1.81. The SMILES string of the molecule is O=c1c(Cl)c(Cl)cnn1CCc1ccc([N+](=O)[O-])cc1. The Balaban J connectivity index is 2.11. The van der Waals surface area contributed by atoms with Gasteiger partial charge in [0.25, 0.3) is 11.2 Å². The number of nitrogens with zero attached hydrogens (tertiary/aromatic N) is 3. The molecule has 0 radical (unpaired) electrons. The van der Waals surface area contributed by atoms with Crippen molar-refractivity contribution >= 4 is 28.9 Å². The van der Waals surface area contributed by atoms with Crippen molar-refractivity contribution < 1.29 is 4.92 Å². The van der Waals surface area contributed by atoms with Gasteiger partial charge in [-0.2, -0.15) is 5.10 Å². The first-order valence-electron chi connectivity index (χ1n) is 5.63. The Bertz CT molecular complexity index is 698. The van der Waals surface area contributed by atoms with Crippen molar-refractivity contribution in [2.24, 2.45) is 0 Å². The zero-order chi connectivity index (χ0) is 14.7. The topological polar surface area (TPSA) is 78.0 Å². The second-order valence-electron chi connectivity index (χ2n) is 4.01. The molecule has 2 aromatic rings. The van der Waals surface area contributed by atoms with Crippen molar-refractivity contribution in [3.05, 3.63) is 66.5 Å². The lowest BCUT2D eigenvalue weighted by Crippen LogP contribution is -2.24. The monoisotopic (exact) mass is 313 g/mol. The van der Waals surface area contributed by atoms with Crippen LogP contribution in [0.2, 0.25) is 10.0 Å². The fourth-order valence-corrected chi connectivity index (χ4v) is 1.89. The minimum Gasteiger partial charge on any atom is -0.266 e. The first kappa shape index (κ1) is 14.5. The minimum atomic E-state index is -0.463. The molecule has 0 amide bonds. The molecule has 0 aliphatic carbocycles. The number of aromatic nitrogens is 2. The Kier molecular flexibility index (Phi) is 4.36. The number of nitro groups is 1. The molecule has 0 spiro atoms. The number of halogens is 2. The highest BCUT2D eigenvalue weighted by molar-refractivity contribution is 6.41. The van der Waals surface area contributed by atoms with Crippen LogP contribution in [0.3, 0.4) is 0 Å². The molecule has 1 heterocycles. The van der Waals surface area contributed by atoms with Crippen molar-refractivity contribution in [1.29, 1.82) is 0 Å². The van der Waals surface area contributed by atoms with Crippen LogP contribution in [0.4, 0.5) is 5.69 Å². The van der Waals surface area contributed by atoms with Gasteiger partial charge in [-0.05, 0) is 12.0 Å². The van der Waals surface area contributed by atoms with E-state index in [1.54, 1.807) is 12.1 Å². The number of benzene rings is 1. The van der Waals surface area contributed by atoms with Crippen molar-refractivity contribution in [3.63, 3.8) is 0 Å². The van der Waals surface area contributed by atoms with E-state index in [4.69, 9.17) is 23.2 Å². The maximum atomic E-state index is 11.7. The fraction of sp³-hybridized carbons (Fsp3) is 0.167. The number of nitro benzene ring substituents is 1. The Labute approximate surface area is 123 Å². The van der Waals surface area contributed by atoms with Crippen molar-refractivity contribution in [3.8, 4) is 0 Å². The van der Waals surface area contributed by atoms with Crippen LogP contribution in [0.1, 0.15) is 5.56 Å². The van der Waals surface area contributed by atoms with E-state index in [9.17, 15) is 14.9 Å². The van der Waals surface area contributed by atoms with Crippen LogP contribution < -0.4 is 5.56 Å². The highest BCUT2D eigenvalue weighted by Gasteiger charge is 2.08. The van der Waals surface area contributed by atoms with Gasteiger partial charge >= 0.3 is 0 Å². The zero-order valence-corrected chi connectivity index (χ0v) is 11.6. The average Bonchev–Trinajstić information content (AvgIpc) is 2.44. The molecule has 0 bridgehead atoms. The van der Waals surface area contributed by atoms with E-state index in [-0.39, 0.29) is 15.7 Å². The van der Waals surface area contributed by atoms with E-state index < -0.39 is 10.5 Å². The highest BCUT2D eigenvalue weighted by Crippen LogP contribution is 2.15.